The first-order chi connectivity index (χ1) is 31.8. The SMILES string of the molecule is CCCCCCCCCCCCCCCCCC(=O)OCSP1(=O)OC[C@H]2O[C@@H](n3cnc4c(N)ncnc43)[C@H](F)[C@@H]2OCP(=O)(O)OC[C@@H](OC)[C@@H](F)[C@H](n2cnc3c(=O)[nH]cnc32)O1. The molecular weight excluding hydrogens is 931 g/mol. The van der Waals surface area contributed by atoms with Gasteiger partial charge in [-0.2, -0.15) is 0 Å². The van der Waals surface area contributed by atoms with E-state index < -0.39 is 94.5 Å². The minimum Gasteiger partial charge on any atom is -0.454 e. The Labute approximate surface area is 384 Å². The molecule has 26 heteroatoms. The Kier molecular flexibility index (Phi) is 19.9. The van der Waals surface area contributed by atoms with Gasteiger partial charge in [0.05, 0.1) is 32.2 Å². The number of hydrogen-bond donors (Lipinski definition) is 3. The predicted octanol–water partition coefficient (Wildman–Crippen LogP) is 7.82. The van der Waals surface area contributed by atoms with Crippen molar-refractivity contribution < 1.29 is 60.1 Å². The van der Waals surface area contributed by atoms with Gasteiger partial charge >= 0.3 is 20.4 Å². The summed E-state index contributed by atoms with van der Waals surface area (Å²) in [5.41, 5.74) is 5.06. The summed E-state index contributed by atoms with van der Waals surface area (Å²) in [6, 6.07) is 0. The van der Waals surface area contributed by atoms with E-state index >= 15 is 8.78 Å². The molecule has 4 aromatic heterocycles. The summed E-state index contributed by atoms with van der Waals surface area (Å²) in [4.78, 5) is 58.9. The minimum absolute atomic E-state index is 0.00918. The molecule has 21 nitrogen and oxygen atoms in total. The third-order valence-electron chi connectivity index (χ3n) is 11.4. The van der Waals surface area contributed by atoms with Crippen molar-refractivity contribution in [3.63, 3.8) is 0 Å². The van der Waals surface area contributed by atoms with Gasteiger partial charge in [0, 0.05) is 24.9 Å². The van der Waals surface area contributed by atoms with Crippen LogP contribution in [0.25, 0.3) is 22.3 Å². The van der Waals surface area contributed by atoms with Crippen molar-refractivity contribution in [2.24, 2.45) is 0 Å². The number of methoxy groups -OCH3 is 1. The second-order valence-corrected chi connectivity index (χ2v) is 22.0. The zero-order chi connectivity index (χ0) is 47.1. The van der Waals surface area contributed by atoms with Gasteiger partial charge < -0.3 is 39.1 Å². The number of alkyl halides is 2. The molecule has 2 saturated heterocycles. The molecule has 6 rings (SSSR count). The number of fused-ring (bicyclic) bond motifs is 3. The van der Waals surface area contributed by atoms with E-state index in [1.165, 1.54) is 75.1 Å². The number of nitrogens with zero attached hydrogens (tertiary/aromatic N) is 7. The predicted molar refractivity (Wildman–Crippen MR) is 240 cm³/mol. The van der Waals surface area contributed by atoms with Gasteiger partial charge in [0.2, 0.25) is 0 Å². The third-order valence-corrected chi connectivity index (χ3v) is 15.8. The van der Waals surface area contributed by atoms with Crippen molar-refractivity contribution in [3.8, 4) is 0 Å². The van der Waals surface area contributed by atoms with Gasteiger partial charge in [-0.1, -0.05) is 96.8 Å². The highest BCUT2D eigenvalue weighted by atomic mass is 32.7. The number of rotatable bonds is 22. The maximum Gasteiger partial charge on any atom is 0.394 e. The average Bonchev–Trinajstić information content (AvgIpc) is 4.01. The van der Waals surface area contributed by atoms with Gasteiger partial charge in [0.15, 0.2) is 47.4 Å². The number of aromatic amines is 1. The van der Waals surface area contributed by atoms with Crippen LogP contribution in [0.2, 0.25) is 0 Å². The van der Waals surface area contributed by atoms with Crippen LogP contribution in [0.1, 0.15) is 122 Å². The Morgan fingerprint density at radius 1 is 0.864 bits per heavy atom. The van der Waals surface area contributed by atoms with Crippen molar-refractivity contribution in [2.45, 2.75) is 153 Å². The molecule has 0 radical (unpaired) electrons. The smallest absolute Gasteiger partial charge is 0.394 e. The fourth-order valence-electron chi connectivity index (χ4n) is 7.76. The van der Waals surface area contributed by atoms with Crippen LogP contribution in [0.5, 0.6) is 0 Å². The maximum absolute atomic E-state index is 16.9. The fourth-order valence-corrected chi connectivity index (χ4v) is 11.3. The molecule has 4 aromatic rings. The summed E-state index contributed by atoms with van der Waals surface area (Å²) in [7, 11) is -3.67. The molecule has 0 aliphatic carbocycles. The molecule has 9 atom stereocenters. The molecule has 6 heterocycles. The van der Waals surface area contributed by atoms with E-state index in [1.807, 2.05) is 0 Å². The van der Waals surface area contributed by atoms with Crippen LogP contribution in [0, 0.1) is 0 Å². The number of hydrogen-bond acceptors (Lipinski definition) is 18. The number of carbonyl (C=O) groups is 1. The average molecular weight is 992 g/mol. The highest BCUT2D eigenvalue weighted by Gasteiger charge is 2.50. The maximum atomic E-state index is 16.9. The number of esters is 1. The van der Waals surface area contributed by atoms with Crippen LogP contribution < -0.4 is 11.3 Å². The Morgan fingerprint density at radius 3 is 2.15 bits per heavy atom. The Morgan fingerprint density at radius 2 is 1.48 bits per heavy atom. The standard InChI is InChI=1S/C40H61F2N9O12P2S/c1-3-4-5-6-7-8-9-10-11-12-13-14-15-16-17-18-29(52)59-26-66-65(56)61-20-28-34(31(42)39(62-28)50-23-48-32-35(43)44-21-45-36(32)50)58-25-64(54,55)60-19-27(57-2)30(41)40(63-65)51-24-49-33-37(51)46-22-47-38(33)53/h21-24,27-28,30-31,34,39-40H,3-20,25-26H2,1-2H3,(H,54,55)(H2,43,44,45)(H,46,47,53)/t27-,28-,30-,31-,34-,39-,40-,65?/m1/s1. The van der Waals surface area contributed by atoms with Crippen molar-refractivity contribution in [3.05, 3.63) is 35.7 Å². The Balaban J connectivity index is 1.13. The molecule has 2 fully saturated rings. The van der Waals surface area contributed by atoms with Crippen LogP contribution >= 0.6 is 25.8 Å². The van der Waals surface area contributed by atoms with E-state index in [-0.39, 0.29) is 34.6 Å². The number of nitrogens with two attached hydrogens (primary N) is 1. The van der Waals surface area contributed by atoms with Crippen molar-refractivity contribution in [1.29, 1.82) is 0 Å². The van der Waals surface area contributed by atoms with Gasteiger partial charge in [-0.25, -0.2) is 38.3 Å². The molecule has 66 heavy (non-hydrogen) atoms. The number of unbranched alkanes of at least 4 members (excludes halogenated alkanes) is 14. The molecule has 2 aliphatic heterocycles. The molecule has 2 unspecified atom stereocenters. The summed E-state index contributed by atoms with van der Waals surface area (Å²) < 4.78 is 103. The number of ether oxygens (including phenoxy) is 4. The number of H-pyrrole nitrogens is 1. The molecule has 0 bridgehead atoms. The van der Waals surface area contributed by atoms with E-state index in [0.29, 0.717) is 17.8 Å². The van der Waals surface area contributed by atoms with Crippen LogP contribution in [0.3, 0.4) is 0 Å². The topological polar surface area (TPSA) is 269 Å². The van der Waals surface area contributed by atoms with E-state index in [0.717, 1.165) is 56.3 Å². The number of carbonyl (C=O) groups excluding carboxylic acids is 1. The zero-order valence-corrected chi connectivity index (χ0v) is 39.8. The van der Waals surface area contributed by atoms with Crippen LogP contribution in [0.15, 0.2) is 30.1 Å². The van der Waals surface area contributed by atoms with Crippen molar-refractivity contribution in [1.82, 2.24) is 39.0 Å². The molecule has 0 saturated carbocycles. The normalized spacial score (nSPS) is 27.8. The number of halogens is 2. The summed E-state index contributed by atoms with van der Waals surface area (Å²) in [6.45, 7) is -4.21. The van der Waals surface area contributed by atoms with Gasteiger partial charge in [0.25, 0.3) is 5.56 Å². The summed E-state index contributed by atoms with van der Waals surface area (Å²) >= 11 is 0.396. The van der Waals surface area contributed by atoms with Crippen LogP contribution in [-0.2, 0) is 46.4 Å². The van der Waals surface area contributed by atoms with Gasteiger partial charge in [0.1, 0.15) is 42.4 Å². The van der Waals surface area contributed by atoms with Gasteiger partial charge in [-0.3, -0.25) is 32.3 Å². The fraction of sp³-hybridized carbons (Fsp3) is 0.725. The van der Waals surface area contributed by atoms with E-state index in [1.54, 1.807) is 0 Å². The second-order valence-electron chi connectivity index (χ2n) is 16.3. The van der Waals surface area contributed by atoms with E-state index in [4.69, 9.17) is 38.3 Å². The highest BCUT2D eigenvalue weighted by Crippen LogP contribution is 2.64. The first-order valence-corrected chi connectivity index (χ1v) is 27.3. The molecular formula is C40H61F2N9O12P2S. The molecule has 2 aliphatic rings. The number of aromatic nitrogens is 8. The van der Waals surface area contributed by atoms with Gasteiger partial charge in [-0.15, -0.1) is 0 Å². The quantitative estimate of drug-likeness (QED) is 0.0293. The molecule has 0 amide bonds. The van der Waals surface area contributed by atoms with Crippen molar-refractivity contribution >= 4 is 59.9 Å². The van der Waals surface area contributed by atoms with Crippen molar-refractivity contribution in [2.75, 3.05) is 38.3 Å². The molecule has 4 N–H and O–H groups in total. The van der Waals surface area contributed by atoms with Gasteiger partial charge in [-0.05, 0) is 6.42 Å². The monoisotopic (exact) mass is 991 g/mol. The molecule has 0 aromatic carbocycles. The summed E-state index contributed by atoms with van der Waals surface area (Å²) in [6.07, 6.45) is 8.01. The zero-order valence-electron chi connectivity index (χ0n) is 37.2. The lowest BCUT2D eigenvalue weighted by Crippen LogP contribution is -2.38. The summed E-state index contributed by atoms with van der Waals surface area (Å²) in [5, 5.41) is 0. The van der Waals surface area contributed by atoms with Crippen LogP contribution in [0.4, 0.5) is 14.6 Å². The van der Waals surface area contributed by atoms with Crippen LogP contribution in [-0.4, -0.2) is 113 Å². The largest absolute Gasteiger partial charge is 0.454 e. The molecule has 0 spiro atoms. The first-order valence-electron chi connectivity index (χ1n) is 22.5. The number of imidazole rings is 2. The van der Waals surface area contributed by atoms with E-state index in [2.05, 4.69) is 36.8 Å². The number of nitrogens with one attached hydrogen (secondary N) is 1. The minimum atomic E-state index is -4.77. The number of nitrogen functional groups attached to an aromatic ring is 1. The van der Waals surface area contributed by atoms with E-state index in [9.17, 15) is 23.6 Å². The Hall–Kier alpha value is -3.44. The highest BCUT2D eigenvalue weighted by molar-refractivity contribution is 8.55. The molecule has 368 valence electrons. The third kappa shape index (κ3) is 14.1. The lowest BCUT2D eigenvalue weighted by Gasteiger charge is -2.32. The first kappa shape index (κ1) is 51.9. The number of anilines is 1. The lowest BCUT2D eigenvalue weighted by atomic mass is 10.0. The lowest BCUT2D eigenvalue weighted by molar-refractivity contribution is -0.141. The second kappa shape index (κ2) is 25.2. The summed E-state index contributed by atoms with van der Waals surface area (Å²) in [5.74, 6) is -1.14. The Bertz CT molecular complexity index is 2310.